The molecule has 2 heterocycles. The Hall–Kier alpha value is -2.56. The summed E-state index contributed by atoms with van der Waals surface area (Å²) in [6.07, 6.45) is -0.568. The predicted octanol–water partition coefficient (Wildman–Crippen LogP) is 1.47. The van der Waals surface area contributed by atoms with Gasteiger partial charge in [0.1, 0.15) is 5.76 Å². The number of hydrogen-bond acceptors (Lipinski definition) is 5. The summed E-state index contributed by atoms with van der Waals surface area (Å²) in [4.78, 5) is 34.0. The van der Waals surface area contributed by atoms with Gasteiger partial charge in [0.05, 0.1) is 25.4 Å². The smallest absolute Gasteiger partial charge is 0.480 e. The second kappa shape index (κ2) is 8.42. The average molecular weight is 392 g/mol. The van der Waals surface area contributed by atoms with Crippen LogP contribution in [-0.2, 0) is 20.9 Å². The maximum Gasteiger partial charge on any atom is 0.490 e. The zero-order valence-corrected chi connectivity index (χ0v) is 14.1. The van der Waals surface area contributed by atoms with E-state index in [2.05, 4.69) is 5.32 Å². The number of hydrogen-bond donors (Lipinski definition) is 3. The molecule has 1 saturated heterocycles. The van der Waals surface area contributed by atoms with Crippen LogP contribution in [0.2, 0.25) is 0 Å². The Labute approximate surface area is 151 Å². The number of halogens is 3. The van der Waals surface area contributed by atoms with Gasteiger partial charge in [-0.2, -0.15) is 13.2 Å². The summed E-state index contributed by atoms with van der Waals surface area (Å²) < 4.78 is 36.9. The van der Waals surface area contributed by atoms with Gasteiger partial charge in [0.15, 0.2) is 0 Å². The highest BCUT2D eigenvalue weighted by molar-refractivity contribution is 5.83. The number of rotatable bonds is 5. The van der Waals surface area contributed by atoms with Gasteiger partial charge in [-0.25, -0.2) is 4.79 Å². The van der Waals surface area contributed by atoms with Gasteiger partial charge in [0, 0.05) is 6.04 Å². The van der Waals surface area contributed by atoms with Gasteiger partial charge >= 0.3 is 18.1 Å². The third kappa shape index (κ3) is 5.46. The number of fused-ring (bicyclic) bond motifs is 2. The Bertz CT molecular complexity index is 676. The van der Waals surface area contributed by atoms with E-state index in [1.807, 2.05) is 4.90 Å². The Balaban J connectivity index is 0.000000321. The first kappa shape index (κ1) is 20.7. The van der Waals surface area contributed by atoms with Crippen molar-refractivity contribution in [3.8, 4) is 0 Å². The van der Waals surface area contributed by atoms with E-state index in [1.165, 1.54) is 0 Å². The quantitative estimate of drug-likeness (QED) is 0.694. The van der Waals surface area contributed by atoms with Crippen molar-refractivity contribution in [3.63, 3.8) is 0 Å². The van der Waals surface area contributed by atoms with Crippen molar-refractivity contribution in [2.24, 2.45) is 5.92 Å². The van der Waals surface area contributed by atoms with E-state index >= 15 is 0 Å². The van der Waals surface area contributed by atoms with Crippen molar-refractivity contribution >= 4 is 17.8 Å². The van der Waals surface area contributed by atoms with Crippen LogP contribution < -0.4 is 5.32 Å². The van der Waals surface area contributed by atoms with Gasteiger partial charge in [-0.1, -0.05) is 0 Å². The molecule has 1 saturated carbocycles. The maximum atomic E-state index is 12.3. The number of amides is 1. The summed E-state index contributed by atoms with van der Waals surface area (Å²) >= 11 is 0. The normalized spacial score (nSPS) is 24.2. The molecule has 0 aromatic carbocycles. The molecule has 2 fully saturated rings. The Morgan fingerprint density at radius 2 is 1.93 bits per heavy atom. The Kier molecular flexibility index (Phi) is 6.47. The second-order valence-electron chi connectivity index (χ2n) is 6.34. The van der Waals surface area contributed by atoms with Crippen LogP contribution in [0.3, 0.4) is 0 Å². The average Bonchev–Trinajstić information content (AvgIpc) is 3.29. The third-order valence-electron chi connectivity index (χ3n) is 4.56. The number of carboxylic acid groups (broad SMARTS) is 2. The van der Waals surface area contributed by atoms with Crippen molar-refractivity contribution < 1.29 is 42.2 Å². The Morgan fingerprint density at radius 1 is 1.26 bits per heavy atom. The number of carbonyl (C=O) groups excluding carboxylic acids is 1. The van der Waals surface area contributed by atoms with Crippen LogP contribution >= 0.6 is 0 Å². The number of furan rings is 1. The number of carbonyl (C=O) groups is 3. The molecule has 3 atom stereocenters. The first-order valence-corrected chi connectivity index (χ1v) is 8.17. The molecule has 27 heavy (non-hydrogen) atoms. The number of aliphatic carboxylic acids is 2. The number of carboxylic acids is 2. The number of nitrogens with zero attached hydrogens (tertiary/aromatic N) is 1. The van der Waals surface area contributed by atoms with Gasteiger partial charge in [0.25, 0.3) is 0 Å². The SMILES string of the molecule is O=C(O)C(F)(F)F.O=C(O)CN1C2CCC(C2)[C@H]1C(=O)NCc1ccco1. The molecule has 2 unspecified atom stereocenters. The highest BCUT2D eigenvalue weighted by Gasteiger charge is 2.49. The van der Waals surface area contributed by atoms with Gasteiger partial charge in [0.2, 0.25) is 5.91 Å². The van der Waals surface area contributed by atoms with Crippen LogP contribution in [-0.4, -0.2) is 57.8 Å². The lowest BCUT2D eigenvalue weighted by atomic mass is 9.98. The van der Waals surface area contributed by atoms with Crippen LogP contribution in [0, 0.1) is 5.92 Å². The number of likely N-dealkylation sites (tertiary alicyclic amines) is 1. The summed E-state index contributed by atoms with van der Waals surface area (Å²) in [6, 6.07) is 3.52. The van der Waals surface area contributed by atoms with Crippen LogP contribution in [0.1, 0.15) is 25.0 Å². The lowest BCUT2D eigenvalue weighted by Gasteiger charge is -2.32. The minimum Gasteiger partial charge on any atom is -0.480 e. The van der Waals surface area contributed by atoms with E-state index < -0.39 is 18.1 Å². The number of nitrogens with one attached hydrogen (secondary N) is 1. The number of alkyl halides is 3. The van der Waals surface area contributed by atoms with E-state index in [0.29, 0.717) is 12.3 Å². The first-order valence-electron chi connectivity index (χ1n) is 8.17. The molecular weight excluding hydrogens is 373 g/mol. The molecule has 1 amide bonds. The van der Waals surface area contributed by atoms with Crippen molar-refractivity contribution in [3.05, 3.63) is 24.2 Å². The van der Waals surface area contributed by atoms with E-state index in [-0.39, 0.29) is 30.5 Å². The van der Waals surface area contributed by atoms with Crippen molar-refractivity contribution in [2.45, 2.75) is 44.1 Å². The molecule has 2 bridgehead atoms. The molecule has 1 aliphatic heterocycles. The summed E-state index contributed by atoms with van der Waals surface area (Å²) in [7, 11) is 0. The number of piperidine rings is 1. The summed E-state index contributed by atoms with van der Waals surface area (Å²) in [5, 5.41) is 19.0. The third-order valence-corrected chi connectivity index (χ3v) is 4.56. The van der Waals surface area contributed by atoms with E-state index in [9.17, 15) is 22.8 Å². The molecule has 0 radical (unpaired) electrons. The van der Waals surface area contributed by atoms with Crippen molar-refractivity contribution in [2.75, 3.05) is 6.54 Å². The molecular formula is C16H19F3N2O6. The molecule has 1 aromatic rings. The molecule has 150 valence electrons. The molecule has 1 aliphatic carbocycles. The molecule has 0 spiro atoms. The van der Waals surface area contributed by atoms with Crippen LogP contribution in [0.15, 0.2) is 22.8 Å². The molecule has 2 aliphatic rings. The summed E-state index contributed by atoms with van der Waals surface area (Å²) in [6.45, 7) is 0.292. The van der Waals surface area contributed by atoms with E-state index in [0.717, 1.165) is 19.3 Å². The monoisotopic (exact) mass is 392 g/mol. The fourth-order valence-electron chi connectivity index (χ4n) is 3.52. The van der Waals surface area contributed by atoms with Crippen LogP contribution in [0.5, 0.6) is 0 Å². The standard InChI is InChI=1S/C14H18N2O4.C2HF3O2/c17-12(18)8-16-10-4-3-9(6-10)13(16)14(19)15-7-11-2-1-5-20-11;3-2(4,5)1(6)7/h1-2,5,9-10,13H,3-4,6-8H2,(H,15,19)(H,17,18);(H,6,7)/t9?,10?,13-;/m0./s1. The molecule has 8 nitrogen and oxygen atoms in total. The first-order chi connectivity index (χ1) is 12.6. The molecule has 3 rings (SSSR count). The van der Waals surface area contributed by atoms with Gasteiger partial charge in [-0.3, -0.25) is 14.5 Å². The fourth-order valence-corrected chi connectivity index (χ4v) is 3.52. The summed E-state index contributed by atoms with van der Waals surface area (Å²) in [5.41, 5.74) is 0. The van der Waals surface area contributed by atoms with Crippen LogP contribution in [0.4, 0.5) is 13.2 Å². The zero-order chi connectivity index (χ0) is 20.2. The minimum absolute atomic E-state index is 0.0556. The minimum atomic E-state index is -5.08. The van der Waals surface area contributed by atoms with E-state index in [1.54, 1.807) is 18.4 Å². The predicted molar refractivity (Wildman–Crippen MR) is 83.5 cm³/mol. The van der Waals surface area contributed by atoms with Crippen LogP contribution in [0.25, 0.3) is 0 Å². The van der Waals surface area contributed by atoms with Gasteiger partial charge < -0.3 is 19.9 Å². The maximum absolute atomic E-state index is 12.3. The lowest BCUT2D eigenvalue weighted by molar-refractivity contribution is -0.192. The lowest BCUT2D eigenvalue weighted by Crippen LogP contribution is -2.51. The largest absolute Gasteiger partial charge is 0.490 e. The Morgan fingerprint density at radius 3 is 2.44 bits per heavy atom. The van der Waals surface area contributed by atoms with E-state index in [4.69, 9.17) is 19.4 Å². The zero-order valence-electron chi connectivity index (χ0n) is 14.1. The second-order valence-corrected chi connectivity index (χ2v) is 6.34. The molecule has 3 N–H and O–H groups in total. The topological polar surface area (TPSA) is 120 Å². The molecule has 11 heteroatoms. The highest BCUT2D eigenvalue weighted by atomic mass is 19.4. The van der Waals surface area contributed by atoms with Crippen molar-refractivity contribution in [1.82, 2.24) is 10.2 Å². The van der Waals surface area contributed by atoms with Gasteiger partial charge in [-0.05, 0) is 37.3 Å². The van der Waals surface area contributed by atoms with Gasteiger partial charge in [-0.15, -0.1) is 0 Å². The summed E-state index contributed by atoms with van der Waals surface area (Å²) in [5.74, 6) is -2.73. The molecule has 1 aromatic heterocycles. The fraction of sp³-hybridized carbons (Fsp3) is 0.562. The highest BCUT2D eigenvalue weighted by Crippen LogP contribution is 2.42. The van der Waals surface area contributed by atoms with Crippen molar-refractivity contribution in [1.29, 1.82) is 0 Å².